The zero-order chi connectivity index (χ0) is 19.5. The van der Waals surface area contributed by atoms with Crippen molar-refractivity contribution in [3.63, 3.8) is 0 Å². The lowest BCUT2D eigenvalue weighted by Gasteiger charge is -2.33. The first-order chi connectivity index (χ1) is 13.6. The molecule has 0 unspecified atom stereocenters. The van der Waals surface area contributed by atoms with Crippen molar-refractivity contribution in [3.8, 4) is 0 Å². The monoisotopic (exact) mass is 373 g/mol. The van der Waals surface area contributed by atoms with E-state index in [1.165, 1.54) is 11.3 Å². The van der Waals surface area contributed by atoms with Crippen LogP contribution in [0.1, 0.15) is 41.7 Å². The fourth-order valence-electron chi connectivity index (χ4n) is 4.21. The predicted molar refractivity (Wildman–Crippen MR) is 113 cm³/mol. The second kappa shape index (κ2) is 8.03. The Hall–Kier alpha value is -2.85. The average molecular weight is 374 g/mol. The molecule has 1 aromatic heterocycles. The van der Waals surface area contributed by atoms with Crippen LogP contribution in [0.4, 0.5) is 5.69 Å². The molecule has 4 heteroatoms. The van der Waals surface area contributed by atoms with E-state index >= 15 is 0 Å². The number of anilines is 1. The van der Waals surface area contributed by atoms with Gasteiger partial charge in [-0.3, -0.25) is 9.69 Å². The first kappa shape index (κ1) is 18.5. The summed E-state index contributed by atoms with van der Waals surface area (Å²) in [7, 11) is 2.08. The van der Waals surface area contributed by atoms with Gasteiger partial charge < -0.3 is 9.88 Å². The molecule has 0 aliphatic carbocycles. The number of likely N-dealkylation sites (tertiary alicyclic amines) is 1. The Bertz CT molecular complexity index is 930. The average Bonchev–Trinajstić information content (AvgIpc) is 3.33. The highest BCUT2D eigenvalue weighted by molar-refractivity contribution is 5.95. The fraction of sp³-hybridized carbons (Fsp3) is 0.292. The molecule has 1 N–H and O–H groups in total. The van der Waals surface area contributed by atoms with Crippen LogP contribution in [0.5, 0.6) is 0 Å². The molecule has 144 valence electrons. The van der Waals surface area contributed by atoms with Crippen molar-refractivity contribution >= 4 is 11.6 Å². The summed E-state index contributed by atoms with van der Waals surface area (Å²) in [6.07, 6.45) is 4.24. The summed E-state index contributed by atoms with van der Waals surface area (Å²) in [4.78, 5) is 15.8. The molecule has 2 atom stereocenters. The number of aromatic nitrogens is 1. The van der Waals surface area contributed by atoms with E-state index in [0.717, 1.165) is 30.6 Å². The second-order valence-corrected chi connectivity index (χ2v) is 7.61. The number of aryl methyl sites for hydroxylation is 2. The molecule has 0 radical (unpaired) electrons. The number of carbonyl (C=O) groups excluding carboxylic acids is 1. The number of nitrogens with one attached hydrogen (secondary N) is 1. The molecule has 1 amide bonds. The van der Waals surface area contributed by atoms with Gasteiger partial charge in [0.2, 0.25) is 5.91 Å². The van der Waals surface area contributed by atoms with Crippen molar-refractivity contribution in [1.29, 1.82) is 0 Å². The minimum atomic E-state index is -0.315. The summed E-state index contributed by atoms with van der Waals surface area (Å²) in [5, 5.41) is 3.14. The van der Waals surface area contributed by atoms with Crippen LogP contribution in [0.15, 0.2) is 72.9 Å². The minimum absolute atomic E-state index is 0.0242. The summed E-state index contributed by atoms with van der Waals surface area (Å²) in [6, 6.07) is 22.3. The molecule has 28 heavy (non-hydrogen) atoms. The molecule has 1 aliphatic heterocycles. The van der Waals surface area contributed by atoms with Gasteiger partial charge in [0.15, 0.2) is 0 Å². The van der Waals surface area contributed by atoms with Crippen LogP contribution in [0.2, 0.25) is 0 Å². The molecular formula is C24H27N3O. The van der Waals surface area contributed by atoms with Crippen molar-refractivity contribution in [2.75, 3.05) is 11.9 Å². The maximum absolute atomic E-state index is 13.4. The molecule has 0 spiro atoms. The normalized spacial score (nSPS) is 18.1. The van der Waals surface area contributed by atoms with Gasteiger partial charge in [0.25, 0.3) is 0 Å². The Morgan fingerprint density at radius 1 is 1.04 bits per heavy atom. The third-order valence-corrected chi connectivity index (χ3v) is 5.63. The van der Waals surface area contributed by atoms with Crippen LogP contribution in [0.3, 0.4) is 0 Å². The van der Waals surface area contributed by atoms with E-state index in [0.29, 0.717) is 0 Å². The van der Waals surface area contributed by atoms with Crippen LogP contribution < -0.4 is 5.32 Å². The quantitative estimate of drug-likeness (QED) is 0.694. The van der Waals surface area contributed by atoms with Crippen LogP contribution >= 0.6 is 0 Å². The standard InChI is InChI=1S/C24H27N3O/c1-18-12-14-20(15-13-18)25-24(28)23(19-8-4-3-5-9-19)27-17-7-11-22(27)21-10-6-16-26(21)2/h3-6,8-10,12-16,22-23H,7,11,17H2,1-2H3,(H,25,28)/t22-,23+/m1/s1. The zero-order valence-corrected chi connectivity index (χ0v) is 16.5. The lowest BCUT2D eigenvalue weighted by atomic mass is 10.0. The summed E-state index contributed by atoms with van der Waals surface area (Å²) in [5.41, 5.74) is 4.32. The van der Waals surface area contributed by atoms with Crippen LogP contribution in [0.25, 0.3) is 0 Å². The maximum Gasteiger partial charge on any atom is 0.246 e. The molecule has 4 rings (SSSR count). The first-order valence-corrected chi connectivity index (χ1v) is 9.93. The predicted octanol–water partition coefficient (Wildman–Crippen LogP) is 4.85. The van der Waals surface area contributed by atoms with Gasteiger partial charge in [-0.1, -0.05) is 48.0 Å². The van der Waals surface area contributed by atoms with Gasteiger partial charge in [0.1, 0.15) is 6.04 Å². The van der Waals surface area contributed by atoms with E-state index < -0.39 is 0 Å². The first-order valence-electron chi connectivity index (χ1n) is 9.93. The molecule has 1 saturated heterocycles. The molecule has 3 aromatic rings. The topological polar surface area (TPSA) is 37.3 Å². The van der Waals surface area contributed by atoms with Crippen molar-refractivity contribution in [2.24, 2.45) is 7.05 Å². The molecule has 0 saturated carbocycles. The Kier molecular flexibility index (Phi) is 5.31. The maximum atomic E-state index is 13.4. The summed E-state index contributed by atoms with van der Waals surface area (Å²) >= 11 is 0. The number of benzene rings is 2. The Labute approximate surface area is 166 Å². The smallest absolute Gasteiger partial charge is 0.246 e. The van der Waals surface area contributed by atoms with Crippen LogP contribution in [-0.2, 0) is 11.8 Å². The fourth-order valence-corrected chi connectivity index (χ4v) is 4.21. The number of carbonyl (C=O) groups is 1. The molecule has 2 heterocycles. The Morgan fingerprint density at radius 3 is 2.46 bits per heavy atom. The lowest BCUT2D eigenvalue weighted by Crippen LogP contribution is -2.37. The van der Waals surface area contributed by atoms with Gasteiger partial charge >= 0.3 is 0 Å². The molecule has 2 aromatic carbocycles. The van der Waals surface area contributed by atoms with E-state index in [2.05, 4.69) is 52.3 Å². The van der Waals surface area contributed by atoms with E-state index in [9.17, 15) is 4.79 Å². The SMILES string of the molecule is Cc1ccc(NC(=O)[C@H](c2ccccc2)N2CCC[C@@H]2c2cccn2C)cc1. The highest BCUT2D eigenvalue weighted by atomic mass is 16.2. The van der Waals surface area contributed by atoms with Gasteiger partial charge in [0.05, 0.1) is 6.04 Å². The van der Waals surface area contributed by atoms with Crippen LogP contribution in [-0.4, -0.2) is 21.9 Å². The number of hydrogen-bond acceptors (Lipinski definition) is 2. The van der Waals surface area contributed by atoms with Gasteiger partial charge in [-0.25, -0.2) is 0 Å². The van der Waals surface area contributed by atoms with Gasteiger partial charge in [-0.2, -0.15) is 0 Å². The van der Waals surface area contributed by atoms with Gasteiger partial charge in [-0.05, 0) is 56.1 Å². The van der Waals surface area contributed by atoms with Crippen molar-refractivity contribution in [3.05, 3.63) is 89.7 Å². The van der Waals surface area contributed by atoms with E-state index in [4.69, 9.17) is 0 Å². The third kappa shape index (κ3) is 3.73. The highest BCUT2D eigenvalue weighted by Gasteiger charge is 2.37. The molecule has 4 nitrogen and oxygen atoms in total. The van der Waals surface area contributed by atoms with Crippen molar-refractivity contribution < 1.29 is 4.79 Å². The molecule has 1 fully saturated rings. The summed E-state index contributed by atoms with van der Waals surface area (Å²) in [5.74, 6) is 0.0242. The van der Waals surface area contributed by atoms with Crippen molar-refractivity contribution in [1.82, 2.24) is 9.47 Å². The molecular weight excluding hydrogens is 346 g/mol. The number of nitrogens with zero attached hydrogens (tertiary/aromatic N) is 2. The van der Waals surface area contributed by atoms with E-state index in [1.54, 1.807) is 0 Å². The highest BCUT2D eigenvalue weighted by Crippen LogP contribution is 2.39. The van der Waals surface area contributed by atoms with Gasteiger partial charge in [-0.15, -0.1) is 0 Å². The lowest BCUT2D eigenvalue weighted by molar-refractivity contribution is -0.122. The second-order valence-electron chi connectivity index (χ2n) is 7.61. The van der Waals surface area contributed by atoms with Crippen molar-refractivity contribution in [2.45, 2.75) is 31.8 Å². The largest absolute Gasteiger partial charge is 0.353 e. The number of rotatable bonds is 5. The Balaban J connectivity index is 1.66. The zero-order valence-electron chi connectivity index (χ0n) is 16.5. The third-order valence-electron chi connectivity index (χ3n) is 5.63. The summed E-state index contributed by atoms with van der Waals surface area (Å²) < 4.78 is 2.17. The summed E-state index contributed by atoms with van der Waals surface area (Å²) in [6.45, 7) is 2.96. The number of amides is 1. The Morgan fingerprint density at radius 2 is 1.79 bits per heavy atom. The number of hydrogen-bond donors (Lipinski definition) is 1. The van der Waals surface area contributed by atoms with E-state index in [-0.39, 0.29) is 18.0 Å². The molecule has 1 aliphatic rings. The molecule has 0 bridgehead atoms. The minimum Gasteiger partial charge on any atom is -0.353 e. The van der Waals surface area contributed by atoms with Crippen LogP contribution in [0, 0.1) is 6.92 Å². The van der Waals surface area contributed by atoms with Gasteiger partial charge in [0, 0.05) is 24.6 Å². The van der Waals surface area contributed by atoms with E-state index in [1.807, 2.05) is 49.4 Å².